The summed E-state index contributed by atoms with van der Waals surface area (Å²) >= 11 is 5.69. The van der Waals surface area contributed by atoms with Crippen molar-refractivity contribution in [3.8, 4) is 5.75 Å². The van der Waals surface area contributed by atoms with Crippen molar-refractivity contribution in [2.75, 3.05) is 18.5 Å². The number of carbonyl (C=O) groups is 2. The topological polar surface area (TPSA) is 77.5 Å². The van der Waals surface area contributed by atoms with Crippen LogP contribution < -0.4 is 10.1 Å². The quantitative estimate of drug-likeness (QED) is 0.778. The van der Waals surface area contributed by atoms with Gasteiger partial charge in [-0.05, 0) is 36.2 Å². The lowest BCUT2D eigenvalue weighted by atomic mass is 10.2. The minimum atomic E-state index is -0.631. The molecule has 1 heterocycles. The maximum absolute atomic E-state index is 11.6. The zero-order valence-electron chi connectivity index (χ0n) is 13.1. The number of nitrogens with zero attached hydrogens (tertiary/aromatic N) is 1. The van der Waals surface area contributed by atoms with Gasteiger partial charge >= 0.3 is 5.97 Å². The van der Waals surface area contributed by atoms with E-state index in [1.54, 1.807) is 24.3 Å². The molecule has 126 valence electrons. The van der Waals surface area contributed by atoms with Crippen LogP contribution in [0.1, 0.15) is 12.5 Å². The third-order valence-electron chi connectivity index (χ3n) is 3.05. The van der Waals surface area contributed by atoms with Gasteiger partial charge in [0.25, 0.3) is 5.91 Å². The van der Waals surface area contributed by atoms with E-state index in [4.69, 9.17) is 21.1 Å². The molecule has 0 fully saturated rings. The fraction of sp³-hybridized carbons (Fsp3) is 0.235. The summed E-state index contributed by atoms with van der Waals surface area (Å²) in [5.41, 5.74) is 1.18. The third-order valence-corrected chi connectivity index (χ3v) is 3.27. The standard InChI is InChI=1S/C17H17ClN2O4/c1-2-12-3-6-14(7-4-12)23-11-17(22)24-10-16(21)20-15-8-5-13(18)9-19-15/h3-9H,2,10-11H2,1H3,(H,19,20,21). The first-order chi connectivity index (χ1) is 11.6. The van der Waals surface area contributed by atoms with Crippen molar-refractivity contribution in [3.63, 3.8) is 0 Å². The van der Waals surface area contributed by atoms with E-state index in [1.807, 2.05) is 12.1 Å². The highest BCUT2D eigenvalue weighted by atomic mass is 35.5. The Bertz CT molecular complexity index is 687. The number of aromatic nitrogens is 1. The minimum absolute atomic E-state index is 0.266. The number of nitrogens with one attached hydrogen (secondary N) is 1. The number of hydrogen-bond acceptors (Lipinski definition) is 5. The highest BCUT2D eigenvalue weighted by Crippen LogP contribution is 2.12. The lowest BCUT2D eigenvalue weighted by Gasteiger charge is -2.08. The molecule has 0 saturated carbocycles. The predicted octanol–water partition coefficient (Wildman–Crippen LogP) is 2.86. The highest BCUT2D eigenvalue weighted by Gasteiger charge is 2.09. The normalized spacial score (nSPS) is 10.1. The molecule has 7 heteroatoms. The largest absolute Gasteiger partial charge is 0.482 e. The first-order valence-electron chi connectivity index (χ1n) is 7.35. The van der Waals surface area contributed by atoms with Crippen LogP contribution >= 0.6 is 11.6 Å². The number of anilines is 1. The number of amides is 1. The molecule has 2 aromatic rings. The molecule has 1 aromatic carbocycles. The smallest absolute Gasteiger partial charge is 0.344 e. The average molecular weight is 349 g/mol. The van der Waals surface area contributed by atoms with Crippen LogP contribution in [-0.4, -0.2) is 30.1 Å². The number of ether oxygens (including phenoxy) is 2. The van der Waals surface area contributed by atoms with Gasteiger partial charge in [0.05, 0.1) is 5.02 Å². The molecule has 6 nitrogen and oxygen atoms in total. The van der Waals surface area contributed by atoms with Crippen LogP contribution in [0.15, 0.2) is 42.6 Å². The second-order valence-electron chi connectivity index (χ2n) is 4.86. The summed E-state index contributed by atoms with van der Waals surface area (Å²) in [6.07, 6.45) is 2.33. The first kappa shape index (κ1) is 17.7. The second kappa shape index (κ2) is 8.88. The lowest BCUT2D eigenvalue weighted by Crippen LogP contribution is -2.24. The van der Waals surface area contributed by atoms with Gasteiger partial charge in [-0.15, -0.1) is 0 Å². The molecule has 24 heavy (non-hydrogen) atoms. The van der Waals surface area contributed by atoms with E-state index in [1.165, 1.54) is 11.8 Å². The summed E-state index contributed by atoms with van der Waals surface area (Å²) in [7, 11) is 0. The van der Waals surface area contributed by atoms with Crippen molar-refractivity contribution < 1.29 is 19.1 Å². The van der Waals surface area contributed by atoms with Crippen LogP contribution in [0.2, 0.25) is 5.02 Å². The number of aryl methyl sites for hydroxylation is 1. The molecule has 0 atom stereocenters. The number of rotatable bonds is 7. The lowest BCUT2D eigenvalue weighted by molar-refractivity contribution is -0.149. The van der Waals surface area contributed by atoms with Crippen LogP contribution in [0.25, 0.3) is 0 Å². The Kier molecular flexibility index (Phi) is 6.57. The van der Waals surface area contributed by atoms with Gasteiger partial charge in [-0.2, -0.15) is 0 Å². The van der Waals surface area contributed by atoms with E-state index >= 15 is 0 Å². The molecule has 0 aliphatic carbocycles. The predicted molar refractivity (Wildman–Crippen MR) is 90.2 cm³/mol. The van der Waals surface area contributed by atoms with Crippen molar-refractivity contribution in [1.29, 1.82) is 0 Å². The van der Waals surface area contributed by atoms with Gasteiger partial charge in [-0.3, -0.25) is 4.79 Å². The van der Waals surface area contributed by atoms with Gasteiger partial charge in [0.1, 0.15) is 11.6 Å². The summed E-state index contributed by atoms with van der Waals surface area (Å²) in [5.74, 6) is -0.231. The Morgan fingerprint density at radius 2 is 1.88 bits per heavy atom. The van der Waals surface area contributed by atoms with E-state index in [2.05, 4.69) is 17.2 Å². The van der Waals surface area contributed by atoms with E-state index in [0.717, 1.165) is 6.42 Å². The van der Waals surface area contributed by atoms with Crippen molar-refractivity contribution in [2.24, 2.45) is 0 Å². The summed E-state index contributed by atoms with van der Waals surface area (Å²) in [5, 5.41) is 2.95. The molecule has 1 aromatic heterocycles. The van der Waals surface area contributed by atoms with Gasteiger partial charge in [-0.1, -0.05) is 30.7 Å². The molecule has 1 amide bonds. The molecule has 0 saturated heterocycles. The second-order valence-corrected chi connectivity index (χ2v) is 5.29. The number of esters is 1. The van der Waals surface area contributed by atoms with Crippen molar-refractivity contribution in [3.05, 3.63) is 53.2 Å². The van der Waals surface area contributed by atoms with E-state index < -0.39 is 18.5 Å². The number of hydrogen-bond donors (Lipinski definition) is 1. The number of carbonyl (C=O) groups excluding carboxylic acids is 2. The van der Waals surface area contributed by atoms with E-state index in [0.29, 0.717) is 16.6 Å². The van der Waals surface area contributed by atoms with Gasteiger partial charge < -0.3 is 14.8 Å². The number of pyridine rings is 1. The minimum Gasteiger partial charge on any atom is -0.482 e. The van der Waals surface area contributed by atoms with Crippen LogP contribution in [0.3, 0.4) is 0 Å². The summed E-state index contributed by atoms with van der Waals surface area (Å²) in [6, 6.07) is 10.6. The van der Waals surface area contributed by atoms with Gasteiger partial charge in [0.2, 0.25) is 0 Å². The molecular weight excluding hydrogens is 332 g/mol. The molecule has 0 unspecified atom stereocenters. The third kappa shape index (κ3) is 5.89. The van der Waals surface area contributed by atoms with E-state index in [-0.39, 0.29) is 6.61 Å². The first-order valence-corrected chi connectivity index (χ1v) is 7.73. The van der Waals surface area contributed by atoms with Crippen LogP contribution in [0, 0.1) is 0 Å². The Labute approximate surface area is 144 Å². The zero-order valence-corrected chi connectivity index (χ0v) is 13.9. The number of benzene rings is 1. The van der Waals surface area contributed by atoms with Gasteiger partial charge in [0, 0.05) is 6.20 Å². The Balaban J connectivity index is 1.70. The number of halogens is 1. The average Bonchev–Trinajstić information content (AvgIpc) is 2.60. The Morgan fingerprint density at radius 1 is 1.12 bits per heavy atom. The molecule has 2 rings (SSSR count). The van der Waals surface area contributed by atoms with Gasteiger partial charge in [-0.25, -0.2) is 9.78 Å². The van der Waals surface area contributed by atoms with Gasteiger partial charge in [0.15, 0.2) is 13.2 Å². The van der Waals surface area contributed by atoms with Crippen molar-refractivity contribution in [1.82, 2.24) is 4.98 Å². The van der Waals surface area contributed by atoms with Crippen LogP contribution in [0.4, 0.5) is 5.82 Å². The molecule has 0 radical (unpaired) electrons. The molecule has 0 bridgehead atoms. The molecular formula is C17H17ClN2O4. The molecule has 1 N–H and O–H groups in total. The fourth-order valence-corrected chi connectivity index (χ4v) is 1.89. The summed E-state index contributed by atoms with van der Waals surface area (Å²) in [4.78, 5) is 27.1. The maximum Gasteiger partial charge on any atom is 0.344 e. The Morgan fingerprint density at radius 3 is 2.50 bits per heavy atom. The Hall–Kier alpha value is -2.60. The highest BCUT2D eigenvalue weighted by molar-refractivity contribution is 6.30. The zero-order chi connectivity index (χ0) is 17.4. The summed E-state index contributed by atoms with van der Waals surface area (Å²) < 4.78 is 10.1. The van der Waals surface area contributed by atoms with Crippen LogP contribution in [-0.2, 0) is 20.7 Å². The van der Waals surface area contributed by atoms with E-state index in [9.17, 15) is 9.59 Å². The van der Waals surface area contributed by atoms with Crippen LogP contribution in [0.5, 0.6) is 5.75 Å². The van der Waals surface area contributed by atoms with Crippen molar-refractivity contribution >= 4 is 29.3 Å². The SMILES string of the molecule is CCc1ccc(OCC(=O)OCC(=O)Nc2ccc(Cl)cn2)cc1. The summed E-state index contributed by atoms with van der Waals surface area (Å²) in [6.45, 7) is 1.37. The molecule has 0 aliphatic heterocycles. The molecule has 0 spiro atoms. The fourth-order valence-electron chi connectivity index (χ4n) is 1.78. The monoisotopic (exact) mass is 348 g/mol. The molecule has 0 aliphatic rings. The van der Waals surface area contributed by atoms with Crippen molar-refractivity contribution in [2.45, 2.75) is 13.3 Å². The maximum atomic E-state index is 11.6.